The molecule has 0 bridgehead atoms. The van der Waals surface area contributed by atoms with Gasteiger partial charge in [-0.2, -0.15) is 5.10 Å². The quantitative estimate of drug-likeness (QED) is 0.850. The highest BCUT2D eigenvalue weighted by molar-refractivity contribution is 6.04. The van der Waals surface area contributed by atoms with Crippen LogP contribution in [0, 0.1) is 0 Å². The van der Waals surface area contributed by atoms with Gasteiger partial charge >= 0.3 is 0 Å². The van der Waals surface area contributed by atoms with Crippen molar-refractivity contribution in [3.05, 3.63) is 35.9 Å². The fourth-order valence-corrected chi connectivity index (χ4v) is 1.85. The minimum Gasteiger partial charge on any atom is -0.330 e. The fraction of sp³-hybridized carbons (Fsp3) is 0.385. The van der Waals surface area contributed by atoms with Gasteiger partial charge in [0.05, 0.1) is 5.71 Å². The van der Waals surface area contributed by atoms with Crippen LogP contribution in [0.25, 0.3) is 0 Å². The maximum Gasteiger partial charge on any atom is 0.243 e. The van der Waals surface area contributed by atoms with E-state index in [1.54, 1.807) is 5.01 Å². The molecule has 17 heavy (non-hydrogen) atoms. The van der Waals surface area contributed by atoms with E-state index in [0.29, 0.717) is 19.5 Å². The molecule has 2 rings (SSSR count). The van der Waals surface area contributed by atoms with Gasteiger partial charge in [-0.15, -0.1) is 0 Å². The van der Waals surface area contributed by atoms with Crippen LogP contribution in [0.4, 0.5) is 0 Å². The van der Waals surface area contributed by atoms with Gasteiger partial charge in [0.15, 0.2) is 0 Å². The van der Waals surface area contributed by atoms with Crippen molar-refractivity contribution in [3.8, 4) is 0 Å². The number of hydrazone groups is 1. The smallest absolute Gasteiger partial charge is 0.243 e. The van der Waals surface area contributed by atoms with Crippen LogP contribution in [0.1, 0.15) is 24.8 Å². The molecule has 1 aliphatic rings. The number of amides is 1. The van der Waals surface area contributed by atoms with Crippen LogP contribution >= 0.6 is 0 Å². The first-order chi connectivity index (χ1) is 8.31. The van der Waals surface area contributed by atoms with Crippen molar-refractivity contribution in [2.24, 2.45) is 10.8 Å². The van der Waals surface area contributed by atoms with E-state index in [9.17, 15) is 4.79 Å². The molecule has 0 atom stereocenters. The van der Waals surface area contributed by atoms with Gasteiger partial charge in [-0.1, -0.05) is 30.3 Å². The third-order valence-electron chi connectivity index (χ3n) is 2.79. The SMILES string of the molecule is NCCCN1N=C(c2ccccc2)CCC1=O. The fourth-order valence-electron chi connectivity index (χ4n) is 1.85. The number of rotatable bonds is 4. The van der Waals surface area contributed by atoms with Crippen LogP contribution in [0.15, 0.2) is 35.4 Å². The monoisotopic (exact) mass is 231 g/mol. The second-order valence-corrected chi connectivity index (χ2v) is 4.07. The summed E-state index contributed by atoms with van der Waals surface area (Å²) in [6.45, 7) is 1.20. The zero-order valence-electron chi connectivity index (χ0n) is 9.80. The summed E-state index contributed by atoms with van der Waals surface area (Å²) in [7, 11) is 0. The Balaban J connectivity index is 2.15. The van der Waals surface area contributed by atoms with Crippen LogP contribution in [-0.4, -0.2) is 29.7 Å². The van der Waals surface area contributed by atoms with E-state index < -0.39 is 0 Å². The third-order valence-corrected chi connectivity index (χ3v) is 2.79. The number of nitrogens with zero attached hydrogens (tertiary/aromatic N) is 2. The molecule has 1 aromatic rings. The van der Waals surface area contributed by atoms with Crippen molar-refractivity contribution in [1.29, 1.82) is 0 Å². The first kappa shape index (κ1) is 11.8. The maximum absolute atomic E-state index is 11.7. The highest BCUT2D eigenvalue weighted by atomic mass is 16.2. The van der Waals surface area contributed by atoms with Gasteiger partial charge in [0, 0.05) is 19.4 Å². The summed E-state index contributed by atoms with van der Waals surface area (Å²) in [5.74, 6) is 0.0955. The molecule has 1 amide bonds. The Kier molecular flexibility index (Phi) is 3.88. The molecule has 0 saturated carbocycles. The van der Waals surface area contributed by atoms with Crippen LogP contribution in [0.5, 0.6) is 0 Å². The standard InChI is InChI=1S/C13H17N3O/c14-9-4-10-16-13(17)8-7-12(15-16)11-5-2-1-3-6-11/h1-3,5-6H,4,7-10,14H2. The lowest BCUT2D eigenvalue weighted by molar-refractivity contribution is -0.131. The Morgan fingerprint density at radius 1 is 1.24 bits per heavy atom. The Bertz CT molecular complexity index is 414. The average molecular weight is 231 g/mol. The van der Waals surface area contributed by atoms with E-state index in [2.05, 4.69) is 5.10 Å². The first-order valence-electron chi connectivity index (χ1n) is 5.94. The lowest BCUT2D eigenvalue weighted by Crippen LogP contribution is -2.33. The molecule has 0 spiro atoms. The maximum atomic E-state index is 11.7. The second-order valence-electron chi connectivity index (χ2n) is 4.07. The average Bonchev–Trinajstić information content (AvgIpc) is 2.39. The van der Waals surface area contributed by atoms with E-state index in [4.69, 9.17) is 5.73 Å². The third kappa shape index (κ3) is 2.91. The molecular weight excluding hydrogens is 214 g/mol. The molecule has 0 radical (unpaired) electrons. The van der Waals surface area contributed by atoms with Gasteiger partial charge in [-0.05, 0) is 18.5 Å². The van der Waals surface area contributed by atoms with E-state index >= 15 is 0 Å². The van der Waals surface area contributed by atoms with Gasteiger partial charge < -0.3 is 5.73 Å². The summed E-state index contributed by atoms with van der Waals surface area (Å²) in [5.41, 5.74) is 7.53. The summed E-state index contributed by atoms with van der Waals surface area (Å²) >= 11 is 0. The highest BCUT2D eigenvalue weighted by Crippen LogP contribution is 2.15. The highest BCUT2D eigenvalue weighted by Gasteiger charge is 2.20. The lowest BCUT2D eigenvalue weighted by atomic mass is 10.0. The predicted octanol–water partition coefficient (Wildman–Crippen LogP) is 1.36. The first-order valence-corrected chi connectivity index (χ1v) is 5.94. The summed E-state index contributed by atoms with van der Waals surface area (Å²) in [6.07, 6.45) is 2.05. The van der Waals surface area contributed by atoms with Gasteiger partial charge in [0.1, 0.15) is 0 Å². The van der Waals surface area contributed by atoms with Crippen molar-refractivity contribution in [2.75, 3.05) is 13.1 Å². The molecule has 0 unspecified atom stereocenters. The number of benzene rings is 1. The van der Waals surface area contributed by atoms with E-state index in [-0.39, 0.29) is 5.91 Å². The van der Waals surface area contributed by atoms with Gasteiger partial charge in [0.25, 0.3) is 0 Å². The Morgan fingerprint density at radius 3 is 2.71 bits per heavy atom. The number of carbonyl (C=O) groups excluding carboxylic acids is 1. The molecule has 4 nitrogen and oxygen atoms in total. The van der Waals surface area contributed by atoms with Crippen molar-refractivity contribution in [2.45, 2.75) is 19.3 Å². The largest absolute Gasteiger partial charge is 0.330 e. The molecule has 1 aromatic carbocycles. The molecule has 90 valence electrons. The van der Waals surface area contributed by atoms with Crippen molar-refractivity contribution < 1.29 is 4.79 Å². The minimum absolute atomic E-state index is 0.0955. The molecule has 0 fully saturated rings. The molecule has 2 N–H and O–H groups in total. The van der Waals surface area contributed by atoms with Crippen LogP contribution < -0.4 is 5.73 Å². The molecular formula is C13H17N3O. The lowest BCUT2D eigenvalue weighted by Gasteiger charge is -2.23. The molecule has 1 heterocycles. The number of nitrogens with two attached hydrogens (primary N) is 1. The van der Waals surface area contributed by atoms with Crippen molar-refractivity contribution in [1.82, 2.24) is 5.01 Å². The molecule has 4 heteroatoms. The van der Waals surface area contributed by atoms with Gasteiger partial charge in [-0.25, -0.2) is 5.01 Å². The second kappa shape index (κ2) is 5.59. The molecule has 0 saturated heterocycles. The number of hydrogen-bond donors (Lipinski definition) is 1. The summed E-state index contributed by atoms with van der Waals surface area (Å²) in [5, 5.41) is 5.97. The zero-order chi connectivity index (χ0) is 12.1. The van der Waals surface area contributed by atoms with E-state index in [1.165, 1.54) is 0 Å². The van der Waals surface area contributed by atoms with Gasteiger partial charge in [-0.3, -0.25) is 4.79 Å². The molecule has 0 aliphatic carbocycles. The normalized spacial score (nSPS) is 15.9. The summed E-state index contributed by atoms with van der Waals surface area (Å²) < 4.78 is 0. The Morgan fingerprint density at radius 2 is 2.00 bits per heavy atom. The van der Waals surface area contributed by atoms with E-state index in [0.717, 1.165) is 24.1 Å². The Labute approximate surface area is 101 Å². The number of hydrogen-bond acceptors (Lipinski definition) is 3. The van der Waals surface area contributed by atoms with Crippen LogP contribution in [0.3, 0.4) is 0 Å². The Hall–Kier alpha value is -1.68. The van der Waals surface area contributed by atoms with Crippen molar-refractivity contribution in [3.63, 3.8) is 0 Å². The topological polar surface area (TPSA) is 58.7 Å². The van der Waals surface area contributed by atoms with Crippen LogP contribution in [0.2, 0.25) is 0 Å². The van der Waals surface area contributed by atoms with Crippen LogP contribution in [-0.2, 0) is 4.79 Å². The van der Waals surface area contributed by atoms with Crippen molar-refractivity contribution >= 4 is 11.6 Å². The summed E-state index contributed by atoms with van der Waals surface area (Å²) in [4.78, 5) is 11.7. The molecule has 1 aliphatic heterocycles. The van der Waals surface area contributed by atoms with E-state index in [1.807, 2.05) is 30.3 Å². The van der Waals surface area contributed by atoms with Gasteiger partial charge in [0.2, 0.25) is 5.91 Å². The summed E-state index contributed by atoms with van der Waals surface area (Å²) in [6, 6.07) is 9.99. The zero-order valence-corrected chi connectivity index (χ0v) is 9.80. The number of carbonyl (C=O) groups is 1. The predicted molar refractivity (Wildman–Crippen MR) is 67.6 cm³/mol. The minimum atomic E-state index is 0.0955. The molecule has 0 aromatic heterocycles.